The van der Waals surface area contributed by atoms with E-state index in [1.54, 1.807) is 19.1 Å². The van der Waals surface area contributed by atoms with Gasteiger partial charge in [0.05, 0.1) is 25.2 Å². The van der Waals surface area contributed by atoms with Crippen LogP contribution in [-0.4, -0.2) is 62.0 Å². The minimum Gasteiger partial charge on any atom is -0.391 e. The Morgan fingerprint density at radius 2 is 2.36 bits per heavy atom. The summed E-state index contributed by atoms with van der Waals surface area (Å²) in [6.07, 6.45) is -0.416. The van der Waals surface area contributed by atoms with Crippen LogP contribution in [0, 0.1) is 0 Å². The second-order valence-corrected chi connectivity index (χ2v) is 3.47. The molecular formula is C9H17NO4. The summed E-state index contributed by atoms with van der Waals surface area (Å²) < 4.78 is 10.1. The second-order valence-electron chi connectivity index (χ2n) is 3.47. The third kappa shape index (κ3) is 2.94. The minimum absolute atomic E-state index is 0.0179. The molecule has 1 saturated heterocycles. The minimum atomic E-state index is -0.525. The molecule has 1 N–H and O–H groups in total. The van der Waals surface area contributed by atoms with E-state index in [1.165, 1.54) is 0 Å². The number of carbonyl (C=O) groups excluding carboxylic acids is 1. The molecule has 1 aliphatic heterocycles. The van der Waals surface area contributed by atoms with Gasteiger partial charge in [-0.25, -0.2) is 0 Å². The number of methoxy groups -OCH3 is 2. The molecule has 0 radical (unpaired) electrons. The van der Waals surface area contributed by atoms with Gasteiger partial charge in [0.25, 0.3) is 0 Å². The average molecular weight is 203 g/mol. The molecule has 0 spiro atoms. The average Bonchev–Trinajstić information content (AvgIpc) is 2.44. The Kier molecular flexibility index (Phi) is 4.31. The summed E-state index contributed by atoms with van der Waals surface area (Å²) in [5, 5.41) is 9.25. The lowest BCUT2D eigenvalue weighted by Gasteiger charge is -2.22. The van der Waals surface area contributed by atoms with E-state index in [4.69, 9.17) is 9.47 Å². The topological polar surface area (TPSA) is 59.0 Å². The first-order valence-electron chi connectivity index (χ1n) is 4.65. The van der Waals surface area contributed by atoms with Crippen LogP contribution in [-0.2, 0) is 14.3 Å². The standard InChI is InChI=1S/C9H17NO4/c1-13-6-8(14-2)5-10-4-7(11)3-9(10)12/h7-8,11H,3-6H2,1-2H3. The van der Waals surface area contributed by atoms with Gasteiger partial charge in [-0.1, -0.05) is 0 Å². The number of carbonyl (C=O) groups is 1. The molecule has 1 amide bonds. The number of likely N-dealkylation sites (tertiary alicyclic amines) is 1. The highest BCUT2D eigenvalue weighted by atomic mass is 16.5. The largest absolute Gasteiger partial charge is 0.391 e. The highest BCUT2D eigenvalue weighted by Gasteiger charge is 2.29. The lowest BCUT2D eigenvalue weighted by atomic mass is 10.3. The van der Waals surface area contributed by atoms with Crippen molar-refractivity contribution in [1.82, 2.24) is 4.90 Å². The number of hydrogen-bond acceptors (Lipinski definition) is 4. The van der Waals surface area contributed by atoms with E-state index in [0.717, 1.165) is 0 Å². The highest BCUT2D eigenvalue weighted by molar-refractivity contribution is 5.79. The zero-order chi connectivity index (χ0) is 10.6. The predicted molar refractivity (Wildman–Crippen MR) is 49.9 cm³/mol. The van der Waals surface area contributed by atoms with Crippen LogP contribution in [0.4, 0.5) is 0 Å². The molecule has 0 bridgehead atoms. The summed E-state index contributed by atoms with van der Waals surface area (Å²) in [5.74, 6) is -0.0179. The highest BCUT2D eigenvalue weighted by Crippen LogP contribution is 2.11. The molecule has 2 unspecified atom stereocenters. The molecule has 0 saturated carbocycles. The number of β-amino-alcohol motifs (C(OH)–C–C–N with tert-alkyl or cyclic N) is 1. The predicted octanol–water partition coefficient (Wildman–Crippen LogP) is -0.759. The zero-order valence-corrected chi connectivity index (χ0v) is 8.60. The zero-order valence-electron chi connectivity index (χ0n) is 8.60. The monoisotopic (exact) mass is 203 g/mol. The SMILES string of the molecule is COCC(CN1CC(O)CC1=O)OC. The van der Waals surface area contributed by atoms with Crippen LogP contribution >= 0.6 is 0 Å². The van der Waals surface area contributed by atoms with Crippen molar-refractivity contribution in [3.05, 3.63) is 0 Å². The van der Waals surface area contributed by atoms with Gasteiger partial charge in [-0.05, 0) is 0 Å². The molecule has 0 aromatic rings. The molecule has 1 rings (SSSR count). The molecule has 82 valence electrons. The maximum Gasteiger partial charge on any atom is 0.225 e. The summed E-state index contributed by atoms with van der Waals surface area (Å²) in [4.78, 5) is 12.9. The van der Waals surface area contributed by atoms with Crippen LogP contribution in [0.25, 0.3) is 0 Å². The van der Waals surface area contributed by atoms with Gasteiger partial charge >= 0.3 is 0 Å². The molecule has 14 heavy (non-hydrogen) atoms. The van der Waals surface area contributed by atoms with Crippen molar-refractivity contribution >= 4 is 5.91 Å². The quantitative estimate of drug-likeness (QED) is 0.638. The lowest BCUT2D eigenvalue weighted by Crippen LogP contribution is -2.37. The molecule has 5 heteroatoms. The summed E-state index contributed by atoms with van der Waals surface area (Å²) in [7, 11) is 3.17. The van der Waals surface area contributed by atoms with Gasteiger partial charge in [-0.2, -0.15) is 0 Å². The summed E-state index contributed by atoms with van der Waals surface area (Å²) >= 11 is 0. The number of hydrogen-bond donors (Lipinski definition) is 1. The fraction of sp³-hybridized carbons (Fsp3) is 0.889. The normalized spacial score (nSPS) is 24.4. The van der Waals surface area contributed by atoms with E-state index >= 15 is 0 Å². The first-order chi connectivity index (χ1) is 6.67. The Morgan fingerprint density at radius 3 is 2.79 bits per heavy atom. The molecule has 1 aliphatic rings. The Bertz CT molecular complexity index is 197. The van der Waals surface area contributed by atoms with E-state index in [9.17, 15) is 9.90 Å². The number of aliphatic hydroxyl groups excluding tert-OH is 1. The number of nitrogens with zero attached hydrogens (tertiary/aromatic N) is 1. The lowest BCUT2D eigenvalue weighted by molar-refractivity contribution is -0.129. The second kappa shape index (κ2) is 5.29. The Hall–Kier alpha value is -0.650. The van der Waals surface area contributed by atoms with Crippen LogP contribution < -0.4 is 0 Å². The third-order valence-corrected chi connectivity index (χ3v) is 2.30. The number of aliphatic hydroxyl groups is 1. The van der Waals surface area contributed by atoms with Gasteiger partial charge in [0.15, 0.2) is 0 Å². The van der Waals surface area contributed by atoms with Crippen molar-refractivity contribution in [2.24, 2.45) is 0 Å². The van der Waals surface area contributed by atoms with Crippen molar-refractivity contribution < 1.29 is 19.4 Å². The van der Waals surface area contributed by atoms with Gasteiger partial charge in [-0.3, -0.25) is 4.79 Å². The van der Waals surface area contributed by atoms with E-state index in [0.29, 0.717) is 19.7 Å². The summed E-state index contributed by atoms with van der Waals surface area (Å²) in [6, 6.07) is 0. The van der Waals surface area contributed by atoms with Crippen molar-refractivity contribution in [2.75, 3.05) is 33.9 Å². The van der Waals surface area contributed by atoms with E-state index in [2.05, 4.69) is 0 Å². The van der Waals surface area contributed by atoms with Crippen LogP contribution in [0.5, 0.6) is 0 Å². The molecule has 0 aromatic heterocycles. The van der Waals surface area contributed by atoms with Gasteiger partial charge in [0.1, 0.15) is 0 Å². The van der Waals surface area contributed by atoms with Gasteiger partial charge in [0.2, 0.25) is 5.91 Å². The van der Waals surface area contributed by atoms with Crippen LogP contribution in [0.3, 0.4) is 0 Å². The van der Waals surface area contributed by atoms with E-state index in [-0.39, 0.29) is 18.4 Å². The first kappa shape index (κ1) is 11.4. The molecule has 1 heterocycles. The summed E-state index contributed by atoms with van der Waals surface area (Å²) in [5.41, 5.74) is 0. The fourth-order valence-corrected chi connectivity index (χ4v) is 1.55. The van der Waals surface area contributed by atoms with Crippen LogP contribution in [0.2, 0.25) is 0 Å². The first-order valence-corrected chi connectivity index (χ1v) is 4.65. The molecule has 0 aromatic carbocycles. The van der Waals surface area contributed by atoms with Gasteiger partial charge in [0, 0.05) is 27.3 Å². The molecular weight excluding hydrogens is 186 g/mol. The molecule has 2 atom stereocenters. The van der Waals surface area contributed by atoms with Crippen molar-refractivity contribution in [3.8, 4) is 0 Å². The van der Waals surface area contributed by atoms with Gasteiger partial charge in [-0.15, -0.1) is 0 Å². The molecule has 0 aliphatic carbocycles. The van der Waals surface area contributed by atoms with Crippen molar-refractivity contribution in [1.29, 1.82) is 0 Å². The number of rotatable bonds is 5. The smallest absolute Gasteiger partial charge is 0.225 e. The Labute approximate surface area is 83.6 Å². The maximum atomic E-state index is 11.3. The van der Waals surface area contributed by atoms with E-state index in [1.807, 2.05) is 0 Å². The van der Waals surface area contributed by atoms with Crippen LogP contribution in [0.1, 0.15) is 6.42 Å². The number of amides is 1. The van der Waals surface area contributed by atoms with E-state index < -0.39 is 6.10 Å². The Balaban J connectivity index is 2.38. The summed E-state index contributed by atoms with van der Waals surface area (Å²) in [6.45, 7) is 1.35. The number of ether oxygens (including phenoxy) is 2. The third-order valence-electron chi connectivity index (χ3n) is 2.30. The fourth-order valence-electron chi connectivity index (χ4n) is 1.55. The maximum absolute atomic E-state index is 11.3. The molecule has 5 nitrogen and oxygen atoms in total. The molecule has 1 fully saturated rings. The Morgan fingerprint density at radius 1 is 1.64 bits per heavy atom. The van der Waals surface area contributed by atoms with Gasteiger partial charge < -0.3 is 19.5 Å². The van der Waals surface area contributed by atoms with Crippen molar-refractivity contribution in [2.45, 2.75) is 18.6 Å². The van der Waals surface area contributed by atoms with Crippen molar-refractivity contribution in [3.63, 3.8) is 0 Å². The van der Waals surface area contributed by atoms with Crippen LogP contribution in [0.15, 0.2) is 0 Å².